The molecule has 2 N–H and O–H groups in total. The first-order valence-corrected chi connectivity index (χ1v) is 12.0. The summed E-state index contributed by atoms with van der Waals surface area (Å²) in [5.41, 5.74) is 4.08. The zero-order valence-corrected chi connectivity index (χ0v) is 21.0. The number of aryl methyl sites for hydroxylation is 1. The molecule has 186 valence electrons. The highest BCUT2D eigenvalue weighted by molar-refractivity contribution is 6.04. The Bertz CT molecular complexity index is 1540. The number of carbonyl (C=O) groups excluding carboxylic acids is 1. The van der Waals surface area contributed by atoms with E-state index in [2.05, 4.69) is 26.7 Å². The summed E-state index contributed by atoms with van der Waals surface area (Å²) >= 11 is 0. The van der Waals surface area contributed by atoms with Crippen LogP contribution < -0.4 is 20.1 Å². The van der Waals surface area contributed by atoms with Gasteiger partial charge in [0.05, 0.1) is 31.2 Å². The second-order valence-electron chi connectivity index (χ2n) is 9.18. The Balaban J connectivity index is 1.41. The lowest BCUT2D eigenvalue weighted by molar-refractivity contribution is 0.102. The van der Waals surface area contributed by atoms with E-state index < -0.39 is 5.41 Å². The number of ether oxygens (including phenoxy) is 2. The lowest BCUT2D eigenvalue weighted by Gasteiger charge is -2.35. The summed E-state index contributed by atoms with van der Waals surface area (Å²) in [6.07, 6.45) is 4.18. The minimum Gasteiger partial charge on any atom is -0.493 e. The summed E-state index contributed by atoms with van der Waals surface area (Å²) in [7, 11) is 3.16. The fraction of sp³-hybridized carbons (Fsp3) is 0.241. The lowest BCUT2D eigenvalue weighted by atomic mass is 9.65. The van der Waals surface area contributed by atoms with Crippen molar-refractivity contribution in [3.8, 4) is 17.6 Å². The fourth-order valence-electron chi connectivity index (χ4n) is 4.60. The molecular formula is C29H27N5O3. The van der Waals surface area contributed by atoms with E-state index in [1.54, 1.807) is 26.4 Å². The zero-order valence-electron chi connectivity index (χ0n) is 21.0. The summed E-state index contributed by atoms with van der Waals surface area (Å²) in [6, 6.07) is 19.1. The van der Waals surface area contributed by atoms with Crippen LogP contribution in [-0.4, -0.2) is 30.1 Å². The number of methoxy groups -OCH3 is 2. The van der Waals surface area contributed by atoms with Gasteiger partial charge in [-0.15, -0.1) is 0 Å². The van der Waals surface area contributed by atoms with E-state index in [9.17, 15) is 10.1 Å². The van der Waals surface area contributed by atoms with E-state index >= 15 is 0 Å². The van der Waals surface area contributed by atoms with Crippen molar-refractivity contribution in [1.82, 2.24) is 9.97 Å². The van der Waals surface area contributed by atoms with Crippen molar-refractivity contribution in [2.24, 2.45) is 0 Å². The van der Waals surface area contributed by atoms with Gasteiger partial charge in [0.25, 0.3) is 5.91 Å². The van der Waals surface area contributed by atoms with E-state index in [1.807, 2.05) is 49.4 Å². The average Bonchev–Trinajstić information content (AvgIpc) is 2.90. The zero-order chi connectivity index (χ0) is 26.0. The molecule has 0 spiro atoms. The summed E-state index contributed by atoms with van der Waals surface area (Å²) in [5.74, 6) is 1.54. The van der Waals surface area contributed by atoms with Crippen LogP contribution in [0.2, 0.25) is 0 Å². The third-order valence-electron chi connectivity index (χ3n) is 6.99. The number of nitrogens with one attached hydrogen (secondary N) is 2. The number of hydrogen-bond donors (Lipinski definition) is 2. The molecule has 4 aromatic rings. The maximum absolute atomic E-state index is 13.1. The van der Waals surface area contributed by atoms with Gasteiger partial charge in [0.1, 0.15) is 12.1 Å². The summed E-state index contributed by atoms with van der Waals surface area (Å²) in [5, 5.41) is 16.8. The van der Waals surface area contributed by atoms with Gasteiger partial charge >= 0.3 is 0 Å². The van der Waals surface area contributed by atoms with Gasteiger partial charge in [-0.2, -0.15) is 5.26 Å². The molecule has 3 aromatic carbocycles. The number of benzene rings is 3. The largest absolute Gasteiger partial charge is 0.493 e. The number of fused-ring (bicyclic) bond motifs is 1. The van der Waals surface area contributed by atoms with Crippen molar-refractivity contribution < 1.29 is 14.3 Å². The molecule has 0 aliphatic heterocycles. The fourth-order valence-corrected chi connectivity index (χ4v) is 4.60. The average molecular weight is 494 g/mol. The molecule has 0 radical (unpaired) electrons. The minimum atomic E-state index is -0.468. The van der Waals surface area contributed by atoms with E-state index in [4.69, 9.17) is 9.47 Å². The predicted molar refractivity (Wildman–Crippen MR) is 143 cm³/mol. The van der Waals surface area contributed by atoms with E-state index in [1.165, 1.54) is 6.33 Å². The first kappa shape index (κ1) is 24.1. The van der Waals surface area contributed by atoms with Gasteiger partial charge in [-0.05, 0) is 67.6 Å². The molecule has 1 amide bonds. The van der Waals surface area contributed by atoms with Gasteiger partial charge in [0, 0.05) is 28.4 Å². The van der Waals surface area contributed by atoms with Crippen molar-refractivity contribution in [1.29, 1.82) is 5.26 Å². The van der Waals surface area contributed by atoms with Crippen LogP contribution in [0.4, 0.5) is 17.2 Å². The second kappa shape index (κ2) is 9.78. The third kappa shape index (κ3) is 4.52. The Morgan fingerprint density at radius 2 is 1.81 bits per heavy atom. The molecule has 0 saturated heterocycles. The lowest BCUT2D eigenvalue weighted by Crippen LogP contribution is -2.32. The first-order chi connectivity index (χ1) is 18.0. The number of hydrogen-bond acceptors (Lipinski definition) is 7. The molecule has 8 heteroatoms. The Kier molecular flexibility index (Phi) is 6.36. The highest BCUT2D eigenvalue weighted by Gasteiger charge is 2.39. The molecule has 8 nitrogen and oxygen atoms in total. The molecule has 1 aliphatic carbocycles. The normalized spacial score (nSPS) is 13.8. The van der Waals surface area contributed by atoms with E-state index in [-0.39, 0.29) is 5.91 Å². The number of aromatic nitrogens is 2. The minimum absolute atomic E-state index is 0.228. The van der Waals surface area contributed by atoms with Crippen molar-refractivity contribution in [3.63, 3.8) is 0 Å². The van der Waals surface area contributed by atoms with Crippen LogP contribution in [0.1, 0.15) is 40.7 Å². The van der Waals surface area contributed by atoms with Crippen molar-refractivity contribution in [2.75, 3.05) is 24.9 Å². The van der Waals surface area contributed by atoms with Gasteiger partial charge in [-0.1, -0.05) is 18.2 Å². The van der Waals surface area contributed by atoms with Crippen LogP contribution in [-0.2, 0) is 5.41 Å². The number of anilines is 3. The Labute approximate surface area is 215 Å². The van der Waals surface area contributed by atoms with Crippen LogP contribution in [0.15, 0.2) is 60.9 Å². The number of nitrogens with zero attached hydrogens (tertiary/aromatic N) is 3. The standard InChI is InChI=1S/C29H27N5O3/c1-18-8-9-21(33-28(35)19-6-4-7-20(12-19)29(16-30)10-5-11-29)13-23(18)34-27-22-14-25(36-2)26(37-3)15-24(22)31-17-32-27/h4,6-9,12-15,17H,5,10-11H2,1-3H3,(H,33,35)(H,31,32,34). The van der Waals surface area contributed by atoms with Crippen LogP contribution in [0, 0.1) is 18.3 Å². The smallest absolute Gasteiger partial charge is 0.255 e. The van der Waals surface area contributed by atoms with Crippen molar-refractivity contribution >= 4 is 34.0 Å². The monoisotopic (exact) mass is 493 g/mol. The summed E-state index contributed by atoms with van der Waals surface area (Å²) in [4.78, 5) is 21.9. The molecule has 5 rings (SSSR count). The maximum atomic E-state index is 13.1. The molecule has 0 atom stereocenters. The molecule has 0 bridgehead atoms. The Morgan fingerprint density at radius 3 is 2.51 bits per heavy atom. The Morgan fingerprint density at radius 1 is 1.03 bits per heavy atom. The number of carbonyl (C=O) groups is 1. The van der Waals surface area contributed by atoms with E-state index in [0.29, 0.717) is 34.1 Å². The summed E-state index contributed by atoms with van der Waals surface area (Å²) in [6.45, 7) is 1.98. The van der Waals surface area contributed by atoms with Crippen LogP contribution in [0.3, 0.4) is 0 Å². The molecule has 1 aromatic heterocycles. The van der Waals surface area contributed by atoms with Gasteiger partial charge in [0.2, 0.25) is 0 Å². The molecule has 37 heavy (non-hydrogen) atoms. The van der Waals surface area contributed by atoms with Gasteiger partial charge < -0.3 is 20.1 Å². The van der Waals surface area contributed by atoms with Gasteiger partial charge in [-0.3, -0.25) is 4.79 Å². The molecule has 1 fully saturated rings. The van der Waals surface area contributed by atoms with Crippen molar-refractivity contribution in [3.05, 3.63) is 77.6 Å². The third-order valence-corrected chi connectivity index (χ3v) is 6.99. The van der Waals surface area contributed by atoms with Gasteiger partial charge in [0.15, 0.2) is 11.5 Å². The Hall–Kier alpha value is -4.64. The van der Waals surface area contributed by atoms with Crippen molar-refractivity contribution in [2.45, 2.75) is 31.6 Å². The SMILES string of the molecule is COc1cc2ncnc(Nc3cc(NC(=O)c4cccc(C5(C#N)CCC5)c4)ccc3C)c2cc1OC. The van der Waals surface area contributed by atoms with Crippen LogP contribution >= 0.6 is 0 Å². The molecule has 1 aliphatic rings. The highest BCUT2D eigenvalue weighted by atomic mass is 16.5. The quantitative estimate of drug-likeness (QED) is 0.330. The maximum Gasteiger partial charge on any atom is 0.255 e. The second-order valence-corrected chi connectivity index (χ2v) is 9.18. The topological polar surface area (TPSA) is 109 Å². The molecular weight excluding hydrogens is 466 g/mol. The predicted octanol–water partition coefficient (Wildman–Crippen LogP) is 5.90. The molecule has 0 unspecified atom stereocenters. The summed E-state index contributed by atoms with van der Waals surface area (Å²) < 4.78 is 10.8. The van der Waals surface area contributed by atoms with E-state index in [0.717, 1.165) is 41.5 Å². The van der Waals surface area contributed by atoms with Gasteiger partial charge in [-0.25, -0.2) is 9.97 Å². The number of rotatable bonds is 7. The van der Waals surface area contributed by atoms with Crippen LogP contribution in [0.25, 0.3) is 10.9 Å². The molecule has 1 heterocycles. The number of amides is 1. The first-order valence-electron chi connectivity index (χ1n) is 12.0. The number of nitriles is 1. The molecule has 1 saturated carbocycles. The van der Waals surface area contributed by atoms with Crippen LogP contribution in [0.5, 0.6) is 11.5 Å². The highest BCUT2D eigenvalue weighted by Crippen LogP contribution is 2.43.